The number of anilines is 1. The van der Waals surface area contributed by atoms with Gasteiger partial charge < -0.3 is 25.2 Å². The Morgan fingerprint density at radius 2 is 2.03 bits per heavy atom. The summed E-state index contributed by atoms with van der Waals surface area (Å²) >= 11 is 0. The Bertz CT molecular complexity index is 590. The first kappa shape index (κ1) is 25.9. The van der Waals surface area contributed by atoms with Gasteiger partial charge in [0, 0.05) is 44.5 Å². The van der Waals surface area contributed by atoms with Crippen LogP contribution in [0.2, 0.25) is 0 Å². The summed E-state index contributed by atoms with van der Waals surface area (Å²) in [7, 11) is 1.82. The van der Waals surface area contributed by atoms with E-state index in [1.807, 2.05) is 19.3 Å². The van der Waals surface area contributed by atoms with E-state index in [4.69, 9.17) is 4.74 Å². The van der Waals surface area contributed by atoms with E-state index in [9.17, 15) is 0 Å². The van der Waals surface area contributed by atoms with Crippen molar-refractivity contribution in [1.29, 1.82) is 0 Å². The number of morpholine rings is 1. The van der Waals surface area contributed by atoms with Crippen molar-refractivity contribution in [3.8, 4) is 0 Å². The minimum atomic E-state index is 0. The van der Waals surface area contributed by atoms with Gasteiger partial charge in [-0.05, 0) is 45.5 Å². The van der Waals surface area contributed by atoms with Crippen molar-refractivity contribution < 1.29 is 4.74 Å². The molecule has 7 nitrogen and oxygen atoms in total. The predicted molar refractivity (Wildman–Crippen MR) is 133 cm³/mol. The van der Waals surface area contributed by atoms with Crippen LogP contribution in [0.1, 0.15) is 39.2 Å². The number of nitrogens with zero attached hydrogens (tertiary/aromatic N) is 4. The Morgan fingerprint density at radius 3 is 2.69 bits per heavy atom. The maximum Gasteiger partial charge on any atom is 0.191 e. The molecule has 0 aromatic carbocycles. The molecule has 1 fully saturated rings. The van der Waals surface area contributed by atoms with Gasteiger partial charge in [-0.25, -0.2) is 4.98 Å². The zero-order valence-electron chi connectivity index (χ0n) is 18.5. The summed E-state index contributed by atoms with van der Waals surface area (Å²) in [6.45, 7) is 14.1. The van der Waals surface area contributed by atoms with Gasteiger partial charge in [0.1, 0.15) is 5.82 Å². The van der Waals surface area contributed by atoms with E-state index in [0.717, 1.165) is 64.1 Å². The van der Waals surface area contributed by atoms with Gasteiger partial charge in [-0.2, -0.15) is 0 Å². The third-order valence-electron chi connectivity index (χ3n) is 5.24. The summed E-state index contributed by atoms with van der Waals surface area (Å²) in [5, 5.41) is 6.96. The van der Waals surface area contributed by atoms with Crippen LogP contribution >= 0.6 is 24.0 Å². The quantitative estimate of drug-likeness (QED) is 0.282. The van der Waals surface area contributed by atoms with Crippen LogP contribution < -0.4 is 15.5 Å². The van der Waals surface area contributed by atoms with E-state index in [2.05, 4.69) is 57.2 Å². The van der Waals surface area contributed by atoms with Gasteiger partial charge in [0.05, 0.1) is 13.2 Å². The molecule has 1 aromatic heterocycles. The molecule has 1 atom stereocenters. The first-order valence-corrected chi connectivity index (χ1v) is 10.6. The van der Waals surface area contributed by atoms with E-state index >= 15 is 0 Å². The average molecular weight is 518 g/mol. The number of aliphatic imine (C=N–C) groups is 1. The summed E-state index contributed by atoms with van der Waals surface area (Å²) in [6, 6.07) is 4.51. The van der Waals surface area contributed by atoms with Crippen molar-refractivity contribution in [2.75, 3.05) is 57.9 Å². The molecule has 0 spiro atoms. The largest absolute Gasteiger partial charge is 0.378 e. The van der Waals surface area contributed by atoms with E-state index < -0.39 is 0 Å². The van der Waals surface area contributed by atoms with Crippen LogP contribution in [0.3, 0.4) is 0 Å². The molecule has 0 bridgehead atoms. The molecule has 1 unspecified atom stereocenters. The summed E-state index contributed by atoms with van der Waals surface area (Å²) in [6.07, 6.45) is 4.18. The maximum atomic E-state index is 5.46. The van der Waals surface area contributed by atoms with Crippen molar-refractivity contribution in [2.24, 2.45) is 4.99 Å². The number of hydrogen-bond donors (Lipinski definition) is 2. The third-order valence-corrected chi connectivity index (χ3v) is 5.24. The highest BCUT2D eigenvalue weighted by Crippen LogP contribution is 2.18. The lowest BCUT2D eigenvalue weighted by Gasteiger charge is -2.29. The Morgan fingerprint density at radius 1 is 1.31 bits per heavy atom. The Balaban J connectivity index is 0.00000420. The highest BCUT2D eigenvalue weighted by atomic mass is 127. The van der Waals surface area contributed by atoms with Crippen molar-refractivity contribution in [3.05, 3.63) is 23.9 Å². The third kappa shape index (κ3) is 9.04. The smallest absolute Gasteiger partial charge is 0.191 e. The highest BCUT2D eigenvalue weighted by molar-refractivity contribution is 14.0. The van der Waals surface area contributed by atoms with Crippen molar-refractivity contribution in [1.82, 2.24) is 20.5 Å². The fourth-order valence-electron chi connectivity index (χ4n) is 3.47. The van der Waals surface area contributed by atoms with Crippen LogP contribution in [0, 0.1) is 0 Å². The Kier molecular flexibility index (Phi) is 13.2. The minimum Gasteiger partial charge on any atom is -0.378 e. The lowest BCUT2D eigenvalue weighted by atomic mass is 10.2. The fourth-order valence-corrected chi connectivity index (χ4v) is 3.47. The standard InChI is InChI=1S/C21H38N6O.HI/c1-5-26(6-2)12-8-9-18(3)25-21(22-4)24-17-19-10-7-11-23-20(19)27-13-15-28-16-14-27;/h7,10-11,18H,5-6,8-9,12-17H2,1-4H3,(H2,22,24,25);1H. The van der Waals surface area contributed by atoms with E-state index in [0.29, 0.717) is 12.6 Å². The van der Waals surface area contributed by atoms with E-state index in [1.54, 1.807) is 0 Å². The number of halogens is 1. The molecule has 1 aliphatic heterocycles. The number of nitrogens with one attached hydrogen (secondary N) is 2. The van der Waals surface area contributed by atoms with Crippen LogP contribution in [-0.2, 0) is 11.3 Å². The van der Waals surface area contributed by atoms with Gasteiger partial charge in [0.25, 0.3) is 0 Å². The van der Waals surface area contributed by atoms with Gasteiger partial charge in [-0.1, -0.05) is 19.9 Å². The van der Waals surface area contributed by atoms with Gasteiger partial charge in [-0.3, -0.25) is 4.99 Å². The number of ether oxygens (including phenoxy) is 1. The molecule has 8 heteroatoms. The van der Waals surface area contributed by atoms with Crippen molar-refractivity contribution >= 4 is 35.8 Å². The van der Waals surface area contributed by atoms with E-state index in [-0.39, 0.29) is 24.0 Å². The molecule has 2 N–H and O–H groups in total. The number of rotatable bonds is 10. The molecule has 1 aromatic rings. The summed E-state index contributed by atoms with van der Waals surface area (Å²) in [5.41, 5.74) is 1.18. The Hall–Kier alpha value is -1.13. The summed E-state index contributed by atoms with van der Waals surface area (Å²) in [5.74, 6) is 1.88. The van der Waals surface area contributed by atoms with Crippen molar-refractivity contribution in [3.63, 3.8) is 0 Å². The molecule has 1 aliphatic rings. The Labute approximate surface area is 193 Å². The number of guanidine groups is 1. The second-order valence-corrected chi connectivity index (χ2v) is 7.23. The lowest BCUT2D eigenvalue weighted by molar-refractivity contribution is 0.122. The normalized spacial score (nSPS) is 15.8. The van der Waals surface area contributed by atoms with Gasteiger partial charge in [0.15, 0.2) is 5.96 Å². The highest BCUT2D eigenvalue weighted by Gasteiger charge is 2.16. The molecule has 0 aliphatic carbocycles. The first-order chi connectivity index (χ1) is 13.7. The average Bonchev–Trinajstić information content (AvgIpc) is 2.75. The first-order valence-electron chi connectivity index (χ1n) is 10.6. The topological polar surface area (TPSA) is 65.0 Å². The number of hydrogen-bond acceptors (Lipinski definition) is 5. The fraction of sp³-hybridized carbons (Fsp3) is 0.714. The molecule has 0 radical (unpaired) electrons. The molecule has 2 rings (SSSR count). The minimum absolute atomic E-state index is 0. The lowest BCUT2D eigenvalue weighted by Crippen LogP contribution is -2.42. The molecule has 29 heavy (non-hydrogen) atoms. The van der Waals surface area contributed by atoms with E-state index in [1.165, 1.54) is 12.0 Å². The van der Waals surface area contributed by atoms with Crippen LogP contribution in [0.5, 0.6) is 0 Å². The maximum absolute atomic E-state index is 5.46. The van der Waals surface area contributed by atoms with Gasteiger partial charge in [-0.15, -0.1) is 24.0 Å². The second kappa shape index (κ2) is 14.8. The zero-order chi connectivity index (χ0) is 20.2. The monoisotopic (exact) mass is 518 g/mol. The van der Waals surface area contributed by atoms with Crippen LogP contribution in [0.25, 0.3) is 0 Å². The van der Waals surface area contributed by atoms with Crippen LogP contribution in [0.15, 0.2) is 23.3 Å². The predicted octanol–water partition coefficient (Wildman–Crippen LogP) is 2.71. The second-order valence-electron chi connectivity index (χ2n) is 7.23. The van der Waals surface area contributed by atoms with Crippen LogP contribution in [0.4, 0.5) is 5.82 Å². The molecule has 1 saturated heterocycles. The molecule has 166 valence electrons. The summed E-state index contributed by atoms with van der Waals surface area (Å²) in [4.78, 5) is 13.8. The molecule has 2 heterocycles. The van der Waals surface area contributed by atoms with Crippen LogP contribution in [-0.4, -0.2) is 74.9 Å². The van der Waals surface area contributed by atoms with Gasteiger partial charge in [0.2, 0.25) is 0 Å². The number of pyridine rings is 1. The molecule has 0 amide bonds. The van der Waals surface area contributed by atoms with Crippen molar-refractivity contribution in [2.45, 2.75) is 46.2 Å². The SMILES string of the molecule is CCN(CC)CCCC(C)NC(=NC)NCc1cccnc1N1CCOCC1.I. The summed E-state index contributed by atoms with van der Waals surface area (Å²) < 4.78 is 5.46. The molecular formula is C21H39IN6O. The number of aromatic nitrogens is 1. The molecule has 0 saturated carbocycles. The molecular weight excluding hydrogens is 479 g/mol. The van der Waals surface area contributed by atoms with Gasteiger partial charge >= 0.3 is 0 Å². The zero-order valence-corrected chi connectivity index (χ0v) is 20.8.